The molecule has 0 radical (unpaired) electrons. The fourth-order valence-corrected chi connectivity index (χ4v) is 1.67. The molecular formula is C12H13BrF2O. The summed E-state index contributed by atoms with van der Waals surface area (Å²) in [5, 5.41) is 0.795. The van der Waals surface area contributed by atoms with Gasteiger partial charge in [-0.3, -0.25) is 4.79 Å². The Morgan fingerprint density at radius 2 is 2.00 bits per heavy atom. The van der Waals surface area contributed by atoms with Crippen LogP contribution in [0.3, 0.4) is 0 Å². The Morgan fingerprint density at radius 1 is 1.25 bits per heavy atom. The number of hydrogen-bond acceptors (Lipinski definition) is 1. The summed E-state index contributed by atoms with van der Waals surface area (Å²) in [5.74, 6) is -1.05. The van der Waals surface area contributed by atoms with E-state index in [2.05, 4.69) is 15.9 Å². The molecule has 0 aliphatic carbocycles. The minimum Gasteiger partial charge on any atom is -0.300 e. The predicted octanol–water partition coefficient (Wildman–Crippen LogP) is 3.64. The second-order valence-corrected chi connectivity index (χ2v) is 4.36. The van der Waals surface area contributed by atoms with Crippen molar-refractivity contribution in [3.8, 4) is 0 Å². The molecule has 4 heteroatoms. The van der Waals surface area contributed by atoms with E-state index in [1.54, 1.807) is 0 Å². The van der Waals surface area contributed by atoms with E-state index < -0.39 is 11.6 Å². The van der Waals surface area contributed by atoms with E-state index in [9.17, 15) is 13.6 Å². The Labute approximate surface area is 102 Å². The number of halogens is 3. The van der Waals surface area contributed by atoms with Gasteiger partial charge in [0.2, 0.25) is 0 Å². The van der Waals surface area contributed by atoms with Crippen LogP contribution >= 0.6 is 15.9 Å². The van der Waals surface area contributed by atoms with Crippen molar-refractivity contribution < 1.29 is 13.6 Å². The number of aryl methyl sites for hydroxylation is 1. The van der Waals surface area contributed by atoms with Gasteiger partial charge in [0.15, 0.2) is 0 Å². The van der Waals surface area contributed by atoms with Gasteiger partial charge in [-0.05, 0) is 24.5 Å². The van der Waals surface area contributed by atoms with Crippen LogP contribution in [0.2, 0.25) is 0 Å². The molecule has 0 saturated heterocycles. The van der Waals surface area contributed by atoms with Crippen molar-refractivity contribution in [3.63, 3.8) is 0 Å². The van der Waals surface area contributed by atoms with Gasteiger partial charge >= 0.3 is 0 Å². The highest BCUT2D eigenvalue weighted by molar-refractivity contribution is 9.09. The van der Waals surface area contributed by atoms with Crippen molar-refractivity contribution in [1.82, 2.24) is 0 Å². The summed E-state index contributed by atoms with van der Waals surface area (Å²) < 4.78 is 25.8. The fourth-order valence-electron chi connectivity index (χ4n) is 1.39. The first-order chi connectivity index (χ1) is 7.63. The van der Waals surface area contributed by atoms with E-state index in [1.807, 2.05) is 0 Å². The Balaban J connectivity index is 2.45. The van der Waals surface area contributed by atoms with Gasteiger partial charge in [0.1, 0.15) is 17.4 Å². The van der Waals surface area contributed by atoms with Crippen LogP contribution in [0.15, 0.2) is 18.2 Å². The first-order valence-corrected chi connectivity index (χ1v) is 6.27. The number of Topliss-reactive ketones (excluding diaryl/α,β-unsaturated/α-hetero) is 1. The monoisotopic (exact) mass is 290 g/mol. The molecule has 0 fully saturated rings. The van der Waals surface area contributed by atoms with Gasteiger partial charge in [-0.2, -0.15) is 0 Å². The lowest BCUT2D eigenvalue weighted by molar-refractivity contribution is -0.119. The third-order valence-corrected chi connectivity index (χ3v) is 2.84. The lowest BCUT2D eigenvalue weighted by Crippen LogP contribution is -2.02. The summed E-state index contributed by atoms with van der Waals surface area (Å²) in [6.45, 7) is 0. The molecule has 0 aliphatic rings. The number of benzene rings is 1. The molecule has 1 aromatic rings. The minimum absolute atomic E-state index is 0.114. The molecule has 0 amide bonds. The van der Waals surface area contributed by atoms with Crippen molar-refractivity contribution in [3.05, 3.63) is 35.4 Å². The Kier molecular flexibility index (Phi) is 5.60. The molecule has 0 unspecified atom stereocenters. The summed E-state index contributed by atoms with van der Waals surface area (Å²) in [6.07, 6.45) is 1.96. The van der Waals surface area contributed by atoms with Crippen LogP contribution in [0, 0.1) is 11.6 Å². The van der Waals surface area contributed by atoms with Gasteiger partial charge in [-0.1, -0.05) is 22.0 Å². The molecule has 0 N–H and O–H groups in total. The molecule has 0 spiro atoms. The van der Waals surface area contributed by atoms with Crippen LogP contribution in [-0.4, -0.2) is 11.1 Å². The maximum atomic E-state index is 13.2. The molecule has 0 aromatic heterocycles. The van der Waals surface area contributed by atoms with E-state index >= 15 is 0 Å². The summed E-state index contributed by atoms with van der Waals surface area (Å²) in [5.41, 5.74) is 0.397. The maximum Gasteiger partial charge on any atom is 0.133 e. The summed E-state index contributed by atoms with van der Waals surface area (Å²) in [4.78, 5) is 11.3. The van der Waals surface area contributed by atoms with Gasteiger partial charge in [0, 0.05) is 24.2 Å². The summed E-state index contributed by atoms with van der Waals surface area (Å²) in [6, 6.07) is 3.45. The van der Waals surface area contributed by atoms with E-state index in [-0.39, 0.29) is 5.78 Å². The molecule has 1 rings (SSSR count). The molecule has 0 aliphatic heterocycles. The molecule has 88 valence electrons. The first kappa shape index (κ1) is 13.3. The zero-order valence-corrected chi connectivity index (χ0v) is 10.4. The molecule has 16 heavy (non-hydrogen) atoms. The van der Waals surface area contributed by atoms with E-state index in [0.29, 0.717) is 24.8 Å². The molecule has 0 heterocycles. The van der Waals surface area contributed by atoms with Crippen LogP contribution < -0.4 is 0 Å². The number of alkyl halides is 1. The molecule has 1 aromatic carbocycles. The number of ketones is 1. The molecular weight excluding hydrogens is 278 g/mol. The molecule has 0 atom stereocenters. The summed E-state index contributed by atoms with van der Waals surface area (Å²) >= 11 is 3.24. The maximum absolute atomic E-state index is 13.2. The summed E-state index contributed by atoms with van der Waals surface area (Å²) in [7, 11) is 0. The standard InChI is InChI=1S/C12H13BrF2O/c13-7-1-2-11(16)6-4-9-3-5-10(14)8-12(9)15/h3,5,8H,1-2,4,6-7H2. The minimum atomic E-state index is -0.591. The van der Waals surface area contributed by atoms with Gasteiger partial charge < -0.3 is 0 Å². The van der Waals surface area contributed by atoms with Gasteiger partial charge in [-0.25, -0.2) is 8.78 Å². The molecule has 1 nitrogen and oxygen atoms in total. The van der Waals surface area contributed by atoms with E-state index in [1.165, 1.54) is 12.1 Å². The van der Waals surface area contributed by atoms with Crippen LogP contribution in [0.4, 0.5) is 8.78 Å². The second-order valence-electron chi connectivity index (χ2n) is 3.57. The highest BCUT2D eigenvalue weighted by atomic mass is 79.9. The SMILES string of the molecule is O=C(CCCBr)CCc1ccc(F)cc1F. The van der Waals surface area contributed by atoms with Crippen LogP contribution in [-0.2, 0) is 11.2 Å². The molecule has 0 saturated carbocycles. The van der Waals surface area contributed by atoms with Gasteiger partial charge in [-0.15, -0.1) is 0 Å². The average molecular weight is 291 g/mol. The lowest BCUT2D eigenvalue weighted by atomic mass is 10.0. The molecule has 0 bridgehead atoms. The third-order valence-electron chi connectivity index (χ3n) is 2.28. The van der Waals surface area contributed by atoms with Crippen molar-refractivity contribution >= 4 is 21.7 Å². The van der Waals surface area contributed by atoms with E-state index in [4.69, 9.17) is 0 Å². The second kappa shape index (κ2) is 6.74. The Bertz CT molecular complexity index is 366. The predicted molar refractivity (Wildman–Crippen MR) is 62.7 cm³/mol. The Hall–Kier alpha value is -0.770. The van der Waals surface area contributed by atoms with Crippen molar-refractivity contribution in [2.45, 2.75) is 25.7 Å². The van der Waals surface area contributed by atoms with Crippen molar-refractivity contribution in [2.24, 2.45) is 0 Å². The number of hydrogen-bond donors (Lipinski definition) is 0. The van der Waals surface area contributed by atoms with Crippen LogP contribution in [0.1, 0.15) is 24.8 Å². The van der Waals surface area contributed by atoms with Crippen molar-refractivity contribution in [2.75, 3.05) is 5.33 Å². The smallest absolute Gasteiger partial charge is 0.133 e. The normalized spacial score (nSPS) is 10.4. The quantitative estimate of drug-likeness (QED) is 0.731. The van der Waals surface area contributed by atoms with Gasteiger partial charge in [0.05, 0.1) is 0 Å². The van der Waals surface area contributed by atoms with Crippen LogP contribution in [0.25, 0.3) is 0 Å². The number of carbonyl (C=O) groups excluding carboxylic acids is 1. The number of rotatable bonds is 6. The highest BCUT2D eigenvalue weighted by Crippen LogP contribution is 2.12. The topological polar surface area (TPSA) is 17.1 Å². The number of carbonyl (C=O) groups is 1. The average Bonchev–Trinajstić information content (AvgIpc) is 2.25. The zero-order valence-electron chi connectivity index (χ0n) is 8.81. The zero-order chi connectivity index (χ0) is 12.0. The van der Waals surface area contributed by atoms with E-state index in [0.717, 1.165) is 17.8 Å². The van der Waals surface area contributed by atoms with Crippen LogP contribution in [0.5, 0.6) is 0 Å². The fraction of sp³-hybridized carbons (Fsp3) is 0.417. The Morgan fingerprint density at radius 3 is 2.62 bits per heavy atom. The highest BCUT2D eigenvalue weighted by Gasteiger charge is 2.07. The third kappa shape index (κ3) is 4.39. The van der Waals surface area contributed by atoms with Crippen molar-refractivity contribution in [1.29, 1.82) is 0 Å². The first-order valence-electron chi connectivity index (χ1n) is 5.15. The largest absolute Gasteiger partial charge is 0.300 e. The lowest BCUT2D eigenvalue weighted by Gasteiger charge is -2.02. The van der Waals surface area contributed by atoms with Gasteiger partial charge in [0.25, 0.3) is 0 Å².